The van der Waals surface area contributed by atoms with E-state index in [1.165, 1.54) is 0 Å². The Morgan fingerprint density at radius 3 is 3.21 bits per heavy atom. The first-order valence-electron chi connectivity index (χ1n) is 4.73. The highest BCUT2D eigenvalue weighted by molar-refractivity contribution is 7.07. The number of nitrogens with zero attached hydrogens (tertiary/aromatic N) is 3. The zero-order chi connectivity index (χ0) is 9.80. The van der Waals surface area contributed by atoms with Crippen LogP contribution in [0.3, 0.4) is 0 Å². The third kappa shape index (κ3) is 2.23. The van der Waals surface area contributed by atoms with Gasteiger partial charge in [0.2, 0.25) is 0 Å². The molecule has 2 rings (SSSR count). The fraction of sp³-hybridized carbons (Fsp3) is 0.556. The van der Waals surface area contributed by atoms with Crippen molar-refractivity contribution in [3.63, 3.8) is 0 Å². The summed E-state index contributed by atoms with van der Waals surface area (Å²) in [4.78, 5) is 10.7. The molecule has 0 aromatic carbocycles. The highest BCUT2D eigenvalue weighted by atomic mass is 32.1. The van der Waals surface area contributed by atoms with Crippen molar-refractivity contribution < 1.29 is 0 Å². The molecule has 0 amide bonds. The van der Waals surface area contributed by atoms with Gasteiger partial charge in [-0.1, -0.05) is 0 Å². The lowest BCUT2D eigenvalue weighted by Gasteiger charge is -2.14. The second kappa shape index (κ2) is 4.41. The number of likely N-dealkylation sites (N-methyl/N-ethyl adjacent to an activating group) is 1. The summed E-state index contributed by atoms with van der Waals surface area (Å²) in [6, 6.07) is 0. The number of aromatic nitrogens is 1. The van der Waals surface area contributed by atoms with E-state index < -0.39 is 0 Å². The van der Waals surface area contributed by atoms with Crippen molar-refractivity contribution in [2.75, 3.05) is 26.7 Å². The summed E-state index contributed by atoms with van der Waals surface area (Å²) in [5.74, 6) is 1.01. The quantitative estimate of drug-likeness (QED) is 0.793. The summed E-state index contributed by atoms with van der Waals surface area (Å²) < 4.78 is 0. The van der Waals surface area contributed by atoms with Crippen LogP contribution in [-0.4, -0.2) is 42.5 Å². The van der Waals surface area contributed by atoms with Crippen LogP contribution in [0.5, 0.6) is 0 Å². The minimum atomic E-state index is 0.910. The van der Waals surface area contributed by atoms with Gasteiger partial charge in [0, 0.05) is 31.9 Å². The minimum absolute atomic E-state index is 0.910. The highest BCUT2D eigenvalue weighted by Gasteiger charge is 2.10. The SMILES string of the molecule is CN1CCN=C1NCCc1cscn1. The Labute approximate surface area is 87.7 Å². The molecule has 0 aliphatic carbocycles. The monoisotopic (exact) mass is 210 g/mol. The number of hydrogen-bond acceptors (Lipinski definition) is 5. The Morgan fingerprint density at radius 1 is 1.64 bits per heavy atom. The van der Waals surface area contributed by atoms with Crippen LogP contribution in [0.15, 0.2) is 15.9 Å². The molecule has 0 atom stereocenters. The van der Waals surface area contributed by atoms with Gasteiger partial charge in [-0.2, -0.15) is 0 Å². The number of nitrogens with one attached hydrogen (secondary N) is 1. The van der Waals surface area contributed by atoms with Crippen molar-refractivity contribution in [2.45, 2.75) is 6.42 Å². The predicted molar refractivity (Wildman–Crippen MR) is 58.8 cm³/mol. The van der Waals surface area contributed by atoms with Crippen LogP contribution in [0.2, 0.25) is 0 Å². The van der Waals surface area contributed by atoms with Crippen molar-refractivity contribution in [3.05, 3.63) is 16.6 Å². The van der Waals surface area contributed by atoms with Gasteiger partial charge >= 0.3 is 0 Å². The molecular weight excluding hydrogens is 196 g/mol. The van der Waals surface area contributed by atoms with Crippen LogP contribution in [0.1, 0.15) is 5.69 Å². The normalized spacial score (nSPS) is 15.8. The molecule has 1 aromatic heterocycles. The second-order valence-electron chi connectivity index (χ2n) is 3.28. The molecule has 14 heavy (non-hydrogen) atoms. The van der Waals surface area contributed by atoms with Crippen molar-refractivity contribution in [2.24, 2.45) is 4.99 Å². The van der Waals surface area contributed by atoms with Crippen LogP contribution in [0.4, 0.5) is 0 Å². The summed E-state index contributed by atoms with van der Waals surface area (Å²) in [6.45, 7) is 2.85. The molecule has 0 bridgehead atoms. The lowest BCUT2D eigenvalue weighted by atomic mass is 10.3. The molecule has 1 aromatic rings. The first kappa shape index (κ1) is 9.45. The number of aliphatic imine (C=N–C) groups is 1. The molecular formula is C9H14N4S. The summed E-state index contributed by atoms with van der Waals surface area (Å²) in [6.07, 6.45) is 0.969. The van der Waals surface area contributed by atoms with E-state index >= 15 is 0 Å². The first-order chi connectivity index (χ1) is 6.86. The molecule has 0 spiro atoms. The molecule has 5 heteroatoms. The Bertz CT molecular complexity index is 307. The number of hydrogen-bond donors (Lipinski definition) is 1. The Balaban J connectivity index is 1.73. The number of thiazole rings is 1. The molecule has 0 saturated heterocycles. The van der Waals surface area contributed by atoms with Crippen molar-refractivity contribution in [1.82, 2.24) is 15.2 Å². The average Bonchev–Trinajstić information content (AvgIpc) is 2.78. The Morgan fingerprint density at radius 2 is 2.57 bits per heavy atom. The van der Waals surface area contributed by atoms with Crippen molar-refractivity contribution >= 4 is 17.3 Å². The number of rotatable bonds is 3. The third-order valence-corrected chi connectivity index (χ3v) is 2.84. The van der Waals surface area contributed by atoms with E-state index in [4.69, 9.17) is 0 Å². The van der Waals surface area contributed by atoms with E-state index in [9.17, 15) is 0 Å². The Kier molecular flexibility index (Phi) is 2.98. The summed E-state index contributed by atoms with van der Waals surface area (Å²) in [7, 11) is 2.06. The zero-order valence-electron chi connectivity index (χ0n) is 8.23. The van der Waals surface area contributed by atoms with E-state index in [2.05, 4.69) is 32.6 Å². The molecule has 0 saturated carbocycles. The van der Waals surface area contributed by atoms with Crippen LogP contribution in [0.25, 0.3) is 0 Å². The van der Waals surface area contributed by atoms with E-state index in [0.717, 1.165) is 37.7 Å². The van der Waals surface area contributed by atoms with Gasteiger partial charge < -0.3 is 10.2 Å². The van der Waals surface area contributed by atoms with E-state index in [1.54, 1.807) is 11.3 Å². The smallest absolute Gasteiger partial charge is 0.193 e. The van der Waals surface area contributed by atoms with E-state index in [-0.39, 0.29) is 0 Å². The summed E-state index contributed by atoms with van der Waals surface area (Å²) in [5, 5.41) is 5.40. The van der Waals surface area contributed by atoms with Gasteiger partial charge in [0.1, 0.15) is 0 Å². The van der Waals surface area contributed by atoms with Gasteiger partial charge in [-0.25, -0.2) is 4.98 Å². The maximum absolute atomic E-state index is 4.35. The van der Waals surface area contributed by atoms with E-state index in [0.29, 0.717) is 0 Å². The maximum Gasteiger partial charge on any atom is 0.193 e. The molecule has 1 aliphatic rings. The third-order valence-electron chi connectivity index (χ3n) is 2.21. The second-order valence-corrected chi connectivity index (χ2v) is 4.00. The number of guanidine groups is 1. The molecule has 0 unspecified atom stereocenters. The molecule has 76 valence electrons. The van der Waals surface area contributed by atoms with Crippen molar-refractivity contribution in [1.29, 1.82) is 0 Å². The molecule has 4 nitrogen and oxygen atoms in total. The van der Waals surface area contributed by atoms with E-state index in [1.807, 2.05) is 5.51 Å². The maximum atomic E-state index is 4.35. The minimum Gasteiger partial charge on any atom is -0.356 e. The molecule has 2 heterocycles. The van der Waals surface area contributed by atoms with Gasteiger partial charge in [0.05, 0.1) is 17.7 Å². The lowest BCUT2D eigenvalue weighted by Crippen LogP contribution is -2.36. The zero-order valence-corrected chi connectivity index (χ0v) is 9.05. The molecule has 1 N–H and O–H groups in total. The fourth-order valence-corrected chi connectivity index (χ4v) is 1.98. The van der Waals surface area contributed by atoms with Crippen LogP contribution in [-0.2, 0) is 6.42 Å². The van der Waals surface area contributed by atoms with Gasteiger partial charge in [-0.15, -0.1) is 11.3 Å². The fourth-order valence-electron chi connectivity index (χ4n) is 1.39. The predicted octanol–water partition coefficient (Wildman–Crippen LogP) is 0.577. The average molecular weight is 210 g/mol. The molecule has 0 fully saturated rings. The standard InChI is InChI=1S/C9H14N4S/c1-13-5-4-11-9(13)10-3-2-8-6-14-7-12-8/h6-7H,2-5H2,1H3,(H,10,11). The first-order valence-corrected chi connectivity index (χ1v) is 5.67. The van der Waals surface area contributed by atoms with Gasteiger partial charge in [0.15, 0.2) is 5.96 Å². The molecule has 0 radical (unpaired) electrons. The molecule has 1 aliphatic heterocycles. The lowest BCUT2D eigenvalue weighted by molar-refractivity contribution is 0.534. The Hall–Kier alpha value is -1.10. The van der Waals surface area contributed by atoms with Crippen LogP contribution in [0, 0.1) is 0 Å². The topological polar surface area (TPSA) is 40.5 Å². The summed E-state index contributed by atoms with van der Waals surface area (Å²) in [5.41, 5.74) is 3.03. The van der Waals surface area contributed by atoms with Gasteiger partial charge in [-0.3, -0.25) is 4.99 Å². The van der Waals surface area contributed by atoms with Crippen LogP contribution < -0.4 is 5.32 Å². The van der Waals surface area contributed by atoms with Crippen LogP contribution >= 0.6 is 11.3 Å². The highest BCUT2D eigenvalue weighted by Crippen LogP contribution is 2.01. The van der Waals surface area contributed by atoms with Gasteiger partial charge in [0.25, 0.3) is 0 Å². The van der Waals surface area contributed by atoms with Crippen molar-refractivity contribution in [3.8, 4) is 0 Å². The summed E-state index contributed by atoms with van der Waals surface area (Å²) >= 11 is 1.64. The largest absolute Gasteiger partial charge is 0.356 e. The van der Waals surface area contributed by atoms with Gasteiger partial charge in [-0.05, 0) is 0 Å².